The van der Waals surface area contributed by atoms with Crippen LogP contribution in [0, 0.1) is 21.7 Å². The van der Waals surface area contributed by atoms with Crippen LogP contribution in [-0.2, 0) is 13.0 Å². The van der Waals surface area contributed by atoms with E-state index in [2.05, 4.69) is 10.2 Å². The van der Waals surface area contributed by atoms with Crippen LogP contribution < -0.4 is 4.74 Å². The van der Waals surface area contributed by atoms with Crippen molar-refractivity contribution in [1.29, 1.82) is 0 Å². The van der Waals surface area contributed by atoms with Crippen molar-refractivity contribution < 1.29 is 23.2 Å². The molecule has 0 aliphatic carbocycles. The molecule has 0 saturated carbocycles. The Bertz CT molecular complexity index is 1280. The minimum Gasteiger partial charge on any atom is -0.489 e. The SMILES string of the molecule is O=C(Cc1[nH]nc2ccc(OCc3cc(F)cc(F)c3)cc12)c1cccc([N+](=O)[O-])c1. The average Bonchev–Trinajstić information content (AvgIpc) is 3.13. The minimum absolute atomic E-state index is 0.0417. The Kier molecular flexibility index (Phi) is 5.40. The third-order valence-corrected chi connectivity index (χ3v) is 4.65. The molecule has 0 aliphatic heterocycles. The molecule has 156 valence electrons. The molecule has 0 bridgehead atoms. The Morgan fingerprint density at radius 2 is 1.84 bits per heavy atom. The van der Waals surface area contributed by atoms with Crippen LogP contribution in [0.15, 0.2) is 60.7 Å². The zero-order valence-electron chi connectivity index (χ0n) is 16.0. The number of H-pyrrole nitrogens is 1. The summed E-state index contributed by atoms with van der Waals surface area (Å²) in [5, 5.41) is 18.5. The highest BCUT2D eigenvalue weighted by atomic mass is 19.1. The van der Waals surface area contributed by atoms with Crippen molar-refractivity contribution in [2.45, 2.75) is 13.0 Å². The number of ether oxygens (including phenoxy) is 1. The lowest BCUT2D eigenvalue weighted by Crippen LogP contribution is -2.05. The Labute approximate surface area is 174 Å². The van der Waals surface area contributed by atoms with E-state index in [1.54, 1.807) is 18.2 Å². The normalized spacial score (nSPS) is 10.9. The summed E-state index contributed by atoms with van der Waals surface area (Å²) < 4.78 is 32.3. The predicted octanol–water partition coefficient (Wildman–Crippen LogP) is 4.75. The molecule has 4 aromatic rings. The van der Waals surface area contributed by atoms with Crippen LogP contribution in [0.25, 0.3) is 10.9 Å². The van der Waals surface area contributed by atoms with E-state index in [0.29, 0.717) is 27.9 Å². The molecule has 7 nitrogen and oxygen atoms in total. The molecule has 1 aromatic heterocycles. The van der Waals surface area contributed by atoms with Crippen molar-refractivity contribution in [3.63, 3.8) is 0 Å². The second-order valence-electron chi connectivity index (χ2n) is 6.85. The lowest BCUT2D eigenvalue weighted by atomic mass is 10.0. The van der Waals surface area contributed by atoms with Crippen LogP contribution in [0.2, 0.25) is 0 Å². The molecule has 1 N–H and O–H groups in total. The molecule has 1 heterocycles. The van der Waals surface area contributed by atoms with Crippen molar-refractivity contribution in [1.82, 2.24) is 10.2 Å². The topological polar surface area (TPSA) is 98.1 Å². The van der Waals surface area contributed by atoms with E-state index >= 15 is 0 Å². The maximum atomic E-state index is 13.3. The summed E-state index contributed by atoms with van der Waals surface area (Å²) in [6.07, 6.45) is -0.0454. The molecule has 0 saturated heterocycles. The van der Waals surface area contributed by atoms with Gasteiger partial charge in [-0.2, -0.15) is 5.10 Å². The van der Waals surface area contributed by atoms with Crippen LogP contribution >= 0.6 is 0 Å². The van der Waals surface area contributed by atoms with E-state index in [4.69, 9.17) is 4.74 Å². The summed E-state index contributed by atoms with van der Waals surface area (Å²) in [6, 6.07) is 13.7. The molecule has 9 heteroatoms. The van der Waals surface area contributed by atoms with Gasteiger partial charge in [-0.3, -0.25) is 20.0 Å². The summed E-state index contributed by atoms with van der Waals surface area (Å²) in [5.41, 5.74) is 1.52. The highest BCUT2D eigenvalue weighted by Crippen LogP contribution is 2.25. The second-order valence-corrected chi connectivity index (χ2v) is 6.85. The Morgan fingerprint density at radius 1 is 1.06 bits per heavy atom. The number of nitro groups is 1. The standard InChI is InChI=1S/C22H15F2N3O4/c23-15-6-13(7-16(24)9-15)12-31-18-4-5-20-19(10-18)21(26-25-20)11-22(28)14-2-1-3-17(8-14)27(29)30/h1-10H,11-12H2,(H,25,26). The first-order valence-electron chi connectivity index (χ1n) is 9.21. The predicted molar refractivity (Wildman–Crippen MR) is 108 cm³/mol. The molecule has 31 heavy (non-hydrogen) atoms. The number of nitrogens with zero attached hydrogens (tertiary/aromatic N) is 2. The van der Waals surface area contributed by atoms with Gasteiger partial charge >= 0.3 is 0 Å². The lowest BCUT2D eigenvalue weighted by Gasteiger charge is -2.07. The number of nitro benzene ring substituents is 1. The highest BCUT2D eigenvalue weighted by Gasteiger charge is 2.15. The zero-order chi connectivity index (χ0) is 22.0. The van der Waals surface area contributed by atoms with E-state index in [9.17, 15) is 23.7 Å². The summed E-state index contributed by atoms with van der Waals surface area (Å²) in [6.45, 7) is -0.0417. The molecule has 3 aromatic carbocycles. The Balaban J connectivity index is 1.53. The van der Waals surface area contributed by atoms with Gasteiger partial charge in [0.1, 0.15) is 24.0 Å². The molecule has 0 aliphatic rings. The molecule has 0 atom stereocenters. The largest absolute Gasteiger partial charge is 0.489 e. The molecule has 0 unspecified atom stereocenters. The fraction of sp³-hybridized carbons (Fsp3) is 0.0909. The average molecular weight is 423 g/mol. The lowest BCUT2D eigenvalue weighted by molar-refractivity contribution is -0.384. The van der Waals surface area contributed by atoms with Gasteiger partial charge in [0.2, 0.25) is 0 Å². The van der Waals surface area contributed by atoms with Crippen LogP contribution in [0.1, 0.15) is 21.6 Å². The van der Waals surface area contributed by atoms with Crippen LogP contribution in [-0.4, -0.2) is 20.9 Å². The first-order chi connectivity index (χ1) is 14.9. The number of aromatic nitrogens is 2. The van der Waals surface area contributed by atoms with Gasteiger partial charge < -0.3 is 4.74 Å². The number of non-ortho nitro benzene ring substituents is 1. The first kappa shape index (κ1) is 20.1. The summed E-state index contributed by atoms with van der Waals surface area (Å²) >= 11 is 0. The second kappa shape index (κ2) is 8.31. The van der Waals surface area contributed by atoms with E-state index in [0.717, 1.165) is 6.07 Å². The van der Waals surface area contributed by atoms with E-state index < -0.39 is 16.6 Å². The van der Waals surface area contributed by atoms with Crippen LogP contribution in [0.3, 0.4) is 0 Å². The summed E-state index contributed by atoms with van der Waals surface area (Å²) in [7, 11) is 0. The number of fused-ring (bicyclic) bond motifs is 1. The number of halogens is 2. The molecular formula is C22H15F2N3O4. The van der Waals surface area contributed by atoms with Gasteiger partial charge in [-0.25, -0.2) is 8.78 Å². The maximum Gasteiger partial charge on any atom is 0.270 e. The Hall–Kier alpha value is -4.14. The number of rotatable bonds is 7. The number of hydrogen-bond donors (Lipinski definition) is 1. The number of nitrogens with one attached hydrogen (secondary N) is 1. The number of hydrogen-bond acceptors (Lipinski definition) is 5. The van der Waals surface area contributed by atoms with Crippen LogP contribution in [0.4, 0.5) is 14.5 Å². The molecule has 0 fully saturated rings. The fourth-order valence-corrected chi connectivity index (χ4v) is 3.18. The van der Waals surface area contributed by atoms with Gasteiger partial charge in [-0.1, -0.05) is 12.1 Å². The van der Waals surface area contributed by atoms with Gasteiger partial charge in [0.05, 0.1) is 22.6 Å². The van der Waals surface area contributed by atoms with Gasteiger partial charge in [-0.05, 0) is 35.9 Å². The zero-order valence-corrected chi connectivity index (χ0v) is 16.0. The van der Waals surface area contributed by atoms with Gasteiger partial charge in [-0.15, -0.1) is 0 Å². The molecule has 0 radical (unpaired) electrons. The third-order valence-electron chi connectivity index (χ3n) is 4.65. The number of aromatic amines is 1. The summed E-state index contributed by atoms with van der Waals surface area (Å²) in [4.78, 5) is 23.0. The number of ketones is 1. The van der Waals surface area contributed by atoms with E-state index in [1.807, 2.05) is 0 Å². The molecule has 0 spiro atoms. The van der Waals surface area contributed by atoms with Gasteiger partial charge in [0.15, 0.2) is 5.78 Å². The smallest absolute Gasteiger partial charge is 0.270 e. The number of benzene rings is 3. The van der Waals surface area contributed by atoms with E-state index in [-0.39, 0.29) is 30.1 Å². The number of carbonyl (C=O) groups excluding carboxylic acids is 1. The van der Waals surface area contributed by atoms with Crippen molar-refractivity contribution in [2.24, 2.45) is 0 Å². The molecular weight excluding hydrogens is 408 g/mol. The van der Waals surface area contributed by atoms with Crippen molar-refractivity contribution in [3.8, 4) is 5.75 Å². The number of carbonyl (C=O) groups is 1. The maximum absolute atomic E-state index is 13.3. The van der Waals surface area contributed by atoms with Crippen molar-refractivity contribution in [2.75, 3.05) is 0 Å². The van der Waals surface area contributed by atoms with Gasteiger partial charge in [0, 0.05) is 29.1 Å². The fourth-order valence-electron chi connectivity index (χ4n) is 3.18. The van der Waals surface area contributed by atoms with E-state index in [1.165, 1.54) is 36.4 Å². The quantitative estimate of drug-likeness (QED) is 0.263. The number of Topliss-reactive ketones (excluding diaryl/α,β-unsaturated/α-hetero) is 1. The minimum atomic E-state index is -0.689. The van der Waals surface area contributed by atoms with Crippen molar-refractivity contribution in [3.05, 3.63) is 99.2 Å². The monoisotopic (exact) mass is 423 g/mol. The highest BCUT2D eigenvalue weighted by molar-refractivity contribution is 6.00. The van der Waals surface area contributed by atoms with Crippen LogP contribution in [0.5, 0.6) is 5.75 Å². The molecule has 4 rings (SSSR count). The first-order valence-corrected chi connectivity index (χ1v) is 9.21. The molecule has 0 amide bonds. The van der Waals surface area contributed by atoms with Crippen molar-refractivity contribution >= 4 is 22.4 Å². The summed E-state index contributed by atoms with van der Waals surface area (Å²) in [5.74, 6) is -1.25. The van der Waals surface area contributed by atoms with Gasteiger partial charge in [0.25, 0.3) is 5.69 Å². The Morgan fingerprint density at radius 3 is 2.58 bits per heavy atom. The third kappa shape index (κ3) is 4.55.